The number of benzene rings is 1. The zero-order chi connectivity index (χ0) is 23.4. The molecule has 3 aromatic heterocycles. The highest BCUT2D eigenvalue weighted by Gasteiger charge is 2.36. The van der Waals surface area contributed by atoms with Crippen molar-refractivity contribution in [1.82, 2.24) is 25.2 Å². The molecule has 0 aliphatic carbocycles. The smallest absolute Gasteiger partial charge is 0.251 e. The fourth-order valence-electron chi connectivity index (χ4n) is 3.51. The van der Waals surface area contributed by atoms with E-state index in [1.54, 1.807) is 24.3 Å². The second-order valence-electron chi connectivity index (χ2n) is 8.48. The Hall–Kier alpha value is -3.88. The lowest BCUT2D eigenvalue weighted by molar-refractivity contribution is -0.144. The Labute approximate surface area is 191 Å². The van der Waals surface area contributed by atoms with Gasteiger partial charge in [0.05, 0.1) is 24.6 Å². The predicted octanol–water partition coefficient (Wildman–Crippen LogP) is 3.69. The molecule has 0 aliphatic heterocycles. The van der Waals surface area contributed by atoms with E-state index in [-0.39, 0.29) is 24.9 Å². The summed E-state index contributed by atoms with van der Waals surface area (Å²) in [4.78, 5) is 28.6. The van der Waals surface area contributed by atoms with E-state index >= 15 is 0 Å². The van der Waals surface area contributed by atoms with Gasteiger partial charge in [-0.05, 0) is 56.7 Å². The van der Waals surface area contributed by atoms with E-state index in [2.05, 4.69) is 15.6 Å². The van der Waals surface area contributed by atoms with Crippen molar-refractivity contribution in [3.05, 3.63) is 72.6 Å². The fraction of sp³-hybridized carbons (Fsp3) is 0.333. The number of aromatic nitrogens is 3. The summed E-state index contributed by atoms with van der Waals surface area (Å²) in [6, 6.07) is 13.3. The topological polar surface area (TPSA) is 106 Å². The van der Waals surface area contributed by atoms with Gasteiger partial charge in [-0.25, -0.2) is 4.68 Å². The van der Waals surface area contributed by atoms with Crippen molar-refractivity contribution >= 4 is 22.8 Å². The highest BCUT2D eigenvalue weighted by molar-refractivity contribution is 5.89. The molecule has 4 rings (SSSR count). The minimum absolute atomic E-state index is 0.0871. The second-order valence-corrected chi connectivity index (χ2v) is 8.48. The molecule has 1 N–H and O–H groups in total. The number of nitrogens with zero attached hydrogens (tertiary/aromatic N) is 4. The van der Waals surface area contributed by atoms with Gasteiger partial charge in [-0.2, -0.15) is 0 Å². The zero-order valence-corrected chi connectivity index (χ0v) is 18.9. The molecule has 0 saturated carbocycles. The van der Waals surface area contributed by atoms with Crippen LogP contribution in [0.1, 0.15) is 44.8 Å². The Bertz CT molecular complexity index is 1210. The first-order valence-corrected chi connectivity index (χ1v) is 10.8. The average molecular weight is 450 g/mol. The van der Waals surface area contributed by atoms with Crippen LogP contribution in [0.25, 0.3) is 11.0 Å². The number of hydrogen-bond acceptors (Lipinski definition) is 6. The number of carbonyl (C=O) groups is 2. The van der Waals surface area contributed by atoms with Crippen molar-refractivity contribution in [3.8, 4) is 0 Å². The summed E-state index contributed by atoms with van der Waals surface area (Å²) in [5, 5.41) is 11.3. The van der Waals surface area contributed by atoms with Crippen LogP contribution < -0.4 is 5.32 Å². The molecule has 3 heterocycles. The SMILES string of the molecule is CCC(C)(C)NC(=O)[C@H](c1ccco1)N(Cc1ccco1)C(=O)Cn1nnc2ccccc21. The first kappa shape index (κ1) is 22.3. The van der Waals surface area contributed by atoms with Crippen molar-refractivity contribution in [2.75, 3.05) is 0 Å². The van der Waals surface area contributed by atoms with Gasteiger partial charge in [-0.3, -0.25) is 9.59 Å². The number of carbonyl (C=O) groups excluding carboxylic acids is 2. The largest absolute Gasteiger partial charge is 0.467 e. The summed E-state index contributed by atoms with van der Waals surface area (Å²) in [5.74, 6) is 0.252. The number of furan rings is 2. The molecule has 0 aliphatic rings. The summed E-state index contributed by atoms with van der Waals surface area (Å²) in [5.41, 5.74) is 0.964. The van der Waals surface area contributed by atoms with Crippen LogP contribution in [-0.2, 0) is 22.7 Å². The summed E-state index contributed by atoms with van der Waals surface area (Å²) in [7, 11) is 0. The Kier molecular flexibility index (Phi) is 6.30. The van der Waals surface area contributed by atoms with Crippen LogP contribution in [0.3, 0.4) is 0 Å². The Morgan fingerprint density at radius 3 is 2.55 bits per heavy atom. The third kappa shape index (κ3) is 4.97. The number of hydrogen-bond donors (Lipinski definition) is 1. The van der Waals surface area contributed by atoms with Gasteiger partial charge in [-0.1, -0.05) is 24.3 Å². The molecular weight excluding hydrogens is 422 g/mol. The van der Waals surface area contributed by atoms with Crippen LogP contribution >= 0.6 is 0 Å². The van der Waals surface area contributed by atoms with E-state index in [0.717, 1.165) is 11.9 Å². The molecule has 0 unspecified atom stereocenters. The zero-order valence-electron chi connectivity index (χ0n) is 18.9. The van der Waals surface area contributed by atoms with Crippen molar-refractivity contribution in [3.63, 3.8) is 0 Å². The van der Waals surface area contributed by atoms with Gasteiger partial charge in [-0.15, -0.1) is 5.10 Å². The molecule has 1 aromatic carbocycles. The first-order valence-electron chi connectivity index (χ1n) is 10.8. The average Bonchev–Trinajstić information content (AvgIpc) is 3.56. The highest BCUT2D eigenvalue weighted by atomic mass is 16.3. The van der Waals surface area contributed by atoms with E-state index < -0.39 is 11.6 Å². The molecule has 4 aromatic rings. The van der Waals surface area contributed by atoms with Gasteiger partial charge in [0.2, 0.25) is 5.91 Å². The monoisotopic (exact) mass is 449 g/mol. The fourth-order valence-corrected chi connectivity index (χ4v) is 3.51. The minimum atomic E-state index is -0.988. The van der Waals surface area contributed by atoms with E-state index in [1.165, 1.54) is 22.1 Å². The highest BCUT2D eigenvalue weighted by Crippen LogP contribution is 2.26. The van der Waals surface area contributed by atoms with Crippen LogP contribution in [0, 0.1) is 0 Å². The number of amides is 2. The third-order valence-electron chi connectivity index (χ3n) is 5.65. The van der Waals surface area contributed by atoms with Crippen LogP contribution in [-0.4, -0.2) is 37.2 Å². The van der Waals surface area contributed by atoms with Gasteiger partial charge in [0, 0.05) is 5.54 Å². The minimum Gasteiger partial charge on any atom is -0.467 e. The molecule has 172 valence electrons. The van der Waals surface area contributed by atoms with Gasteiger partial charge in [0.25, 0.3) is 5.91 Å². The van der Waals surface area contributed by atoms with Crippen molar-refractivity contribution in [2.45, 2.75) is 51.9 Å². The lowest BCUT2D eigenvalue weighted by Gasteiger charge is -2.33. The maximum atomic E-state index is 13.6. The molecule has 0 saturated heterocycles. The maximum absolute atomic E-state index is 13.6. The Morgan fingerprint density at radius 2 is 1.85 bits per heavy atom. The lowest BCUT2D eigenvalue weighted by Crippen LogP contribution is -2.50. The van der Waals surface area contributed by atoms with E-state index in [0.29, 0.717) is 17.0 Å². The Balaban J connectivity index is 1.70. The predicted molar refractivity (Wildman–Crippen MR) is 121 cm³/mol. The molecule has 2 amide bonds. The number of fused-ring (bicyclic) bond motifs is 1. The molecule has 0 fully saturated rings. The first-order chi connectivity index (χ1) is 15.9. The molecule has 9 heteroatoms. The van der Waals surface area contributed by atoms with Crippen molar-refractivity contribution in [2.24, 2.45) is 0 Å². The van der Waals surface area contributed by atoms with Gasteiger partial charge in [0.1, 0.15) is 23.6 Å². The summed E-state index contributed by atoms with van der Waals surface area (Å²) in [6.07, 6.45) is 3.74. The van der Waals surface area contributed by atoms with E-state index in [9.17, 15) is 9.59 Å². The van der Waals surface area contributed by atoms with Crippen molar-refractivity contribution in [1.29, 1.82) is 0 Å². The molecule has 1 atom stereocenters. The lowest BCUT2D eigenvalue weighted by atomic mass is 10.0. The van der Waals surface area contributed by atoms with E-state index in [4.69, 9.17) is 8.83 Å². The molecule has 0 spiro atoms. The van der Waals surface area contributed by atoms with E-state index in [1.807, 2.05) is 45.0 Å². The third-order valence-corrected chi connectivity index (χ3v) is 5.65. The van der Waals surface area contributed by atoms with Crippen LogP contribution in [0.2, 0.25) is 0 Å². The number of nitrogens with one attached hydrogen (secondary N) is 1. The van der Waals surface area contributed by atoms with Crippen LogP contribution in [0.15, 0.2) is 69.9 Å². The van der Waals surface area contributed by atoms with Crippen molar-refractivity contribution < 1.29 is 18.4 Å². The molecule has 0 bridgehead atoms. The van der Waals surface area contributed by atoms with Gasteiger partial charge in [0.15, 0.2) is 6.04 Å². The quantitative estimate of drug-likeness (QED) is 0.418. The molecule has 0 radical (unpaired) electrons. The molecule has 9 nitrogen and oxygen atoms in total. The molecule has 33 heavy (non-hydrogen) atoms. The van der Waals surface area contributed by atoms with Gasteiger partial charge < -0.3 is 19.1 Å². The standard InChI is InChI=1S/C24H27N5O4/c1-4-24(2,3)25-23(31)22(20-12-8-14-33-20)28(15-17-9-7-13-32-17)21(30)16-29-19-11-6-5-10-18(19)26-27-29/h5-14,22H,4,15-16H2,1-3H3,(H,25,31)/t22-/m0/s1. The summed E-state index contributed by atoms with van der Waals surface area (Å²) < 4.78 is 12.6. The van der Waals surface area contributed by atoms with Gasteiger partial charge >= 0.3 is 0 Å². The van der Waals surface area contributed by atoms with Crippen LogP contribution in [0.5, 0.6) is 0 Å². The summed E-state index contributed by atoms with van der Waals surface area (Å²) >= 11 is 0. The number of para-hydroxylation sites is 1. The Morgan fingerprint density at radius 1 is 1.09 bits per heavy atom. The van der Waals surface area contributed by atoms with Crippen LogP contribution in [0.4, 0.5) is 0 Å². The number of rotatable bonds is 9. The summed E-state index contributed by atoms with van der Waals surface area (Å²) in [6.45, 7) is 5.85. The normalized spacial score (nSPS) is 12.6. The second kappa shape index (κ2) is 9.32. The molecular formula is C24H27N5O4. The maximum Gasteiger partial charge on any atom is 0.251 e.